The second-order valence-electron chi connectivity index (χ2n) is 2.94. The predicted octanol–water partition coefficient (Wildman–Crippen LogP) is 2.56. The zero-order chi connectivity index (χ0) is 12.0. The van der Waals surface area contributed by atoms with Crippen molar-refractivity contribution in [2.75, 3.05) is 0 Å². The molecule has 0 aliphatic heterocycles. The van der Waals surface area contributed by atoms with Gasteiger partial charge in [0.25, 0.3) is 0 Å². The Morgan fingerprint density at radius 1 is 1.38 bits per heavy atom. The number of allylic oxidation sites excluding steroid dienone is 3. The van der Waals surface area contributed by atoms with Gasteiger partial charge in [-0.05, 0) is 30.4 Å². The van der Waals surface area contributed by atoms with Crippen LogP contribution in [0.15, 0.2) is 48.0 Å². The van der Waals surface area contributed by atoms with Gasteiger partial charge in [0, 0.05) is 12.3 Å². The van der Waals surface area contributed by atoms with Crippen molar-refractivity contribution in [3.63, 3.8) is 0 Å². The molecule has 1 aromatic rings. The molecule has 0 fully saturated rings. The van der Waals surface area contributed by atoms with Crippen LogP contribution in [0.25, 0.3) is 0 Å². The molecule has 0 saturated heterocycles. The molecule has 1 rings (SSSR count). The van der Waals surface area contributed by atoms with Gasteiger partial charge < -0.3 is 15.6 Å². The van der Waals surface area contributed by atoms with Crippen LogP contribution in [0.2, 0.25) is 0 Å². The van der Waals surface area contributed by atoms with Gasteiger partial charge in [-0.25, -0.2) is 4.99 Å². The van der Waals surface area contributed by atoms with E-state index in [4.69, 9.17) is 10.5 Å². The summed E-state index contributed by atoms with van der Waals surface area (Å²) in [5, 5.41) is 25.4. The van der Waals surface area contributed by atoms with E-state index in [9.17, 15) is 5.11 Å². The van der Waals surface area contributed by atoms with Gasteiger partial charge in [0.2, 0.25) is 0 Å². The first kappa shape index (κ1) is 11.7. The minimum Gasteiger partial charge on any atom is -0.508 e. The predicted molar refractivity (Wildman–Crippen MR) is 65.0 cm³/mol. The number of nitrogens with one attached hydrogen (secondary N) is 1. The molecule has 0 radical (unpaired) electrons. The lowest BCUT2D eigenvalue weighted by atomic mass is 10.2. The Balaban J connectivity index is 3.08. The van der Waals surface area contributed by atoms with Crippen LogP contribution in [0, 0.1) is 5.41 Å². The minimum atomic E-state index is -0.109. The number of rotatable bonds is 4. The Kier molecular flexibility index (Phi) is 4.03. The first-order chi connectivity index (χ1) is 7.67. The van der Waals surface area contributed by atoms with E-state index in [1.54, 1.807) is 6.08 Å². The number of benzene rings is 1. The van der Waals surface area contributed by atoms with Gasteiger partial charge in [0.15, 0.2) is 0 Å². The van der Waals surface area contributed by atoms with E-state index in [-0.39, 0.29) is 11.5 Å². The maximum atomic E-state index is 9.49. The average molecular weight is 216 g/mol. The molecule has 0 aromatic heterocycles. The lowest BCUT2D eigenvalue weighted by molar-refractivity contribution is 0.451. The van der Waals surface area contributed by atoms with Crippen LogP contribution in [-0.4, -0.2) is 22.1 Å². The maximum Gasteiger partial charge on any atom is 0.144 e. The Morgan fingerprint density at radius 3 is 2.69 bits per heavy atom. The summed E-state index contributed by atoms with van der Waals surface area (Å²) < 4.78 is 0. The molecule has 4 heteroatoms. The quantitative estimate of drug-likeness (QED) is 0.676. The molecule has 82 valence electrons. The molecule has 1 aromatic carbocycles. The second-order valence-corrected chi connectivity index (χ2v) is 2.94. The lowest BCUT2D eigenvalue weighted by Crippen LogP contribution is -1.85. The van der Waals surface area contributed by atoms with Crippen LogP contribution in [0.4, 0.5) is 5.69 Å². The first-order valence-electron chi connectivity index (χ1n) is 4.57. The van der Waals surface area contributed by atoms with Crippen LogP contribution in [0.5, 0.6) is 11.5 Å². The fourth-order valence-electron chi connectivity index (χ4n) is 1.04. The molecule has 0 spiro atoms. The third kappa shape index (κ3) is 3.09. The topological polar surface area (TPSA) is 76.7 Å². The van der Waals surface area contributed by atoms with E-state index in [0.29, 0.717) is 11.4 Å². The molecular weight excluding hydrogens is 204 g/mol. The number of nitrogens with zero attached hydrogens (tertiary/aromatic N) is 1. The van der Waals surface area contributed by atoms with E-state index >= 15 is 0 Å². The minimum absolute atomic E-state index is 0.0216. The zero-order valence-electron chi connectivity index (χ0n) is 8.59. The summed E-state index contributed by atoms with van der Waals surface area (Å²) in [7, 11) is 0. The average Bonchev–Trinajstić information content (AvgIpc) is 2.27. The van der Waals surface area contributed by atoms with Crippen molar-refractivity contribution in [3.05, 3.63) is 43.0 Å². The van der Waals surface area contributed by atoms with Gasteiger partial charge in [0.1, 0.15) is 17.2 Å². The molecule has 0 unspecified atom stereocenters. The van der Waals surface area contributed by atoms with Crippen LogP contribution in [-0.2, 0) is 0 Å². The van der Waals surface area contributed by atoms with Crippen molar-refractivity contribution in [3.8, 4) is 11.5 Å². The molecule has 3 N–H and O–H groups in total. The molecule has 0 aliphatic carbocycles. The maximum absolute atomic E-state index is 9.49. The van der Waals surface area contributed by atoms with Crippen molar-refractivity contribution in [1.82, 2.24) is 0 Å². The fraction of sp³-hybridized carbons (Fsp3) is 0. The Morgan fingerprint density at radius 2 is 2.12 bits per heavy atom. The van der Waals surface area contributed by atoms with Crippen molar-refractivity contribution in [2.24, 2.45) is 4.99 Å². The summed E-state index contributed by atoms with van der Waals surface area (Å²) >= 11 is 0. The van der Waals surface area contributed by atoms with Gasteiger partial charge in [-0.1, -0.05) is 6.58 Å². The lowest BCUT2D eigenvalue weighted by Gasteiger charge is -2.00. The van der Waals surface area contributed by atoms with Crippen LogP contribution >= 0.6 is 0 Å². The van der Waals surface area contributed by atoms with E-state index in [0.717, 1.165) is 6.21 Å². The molecular formula is C12H12N2O2. The van der Waals surface area contributed by atoms with Crippen molar-refractivity contribution < 1.29 is 10.2 Å². The van der Waals surface area contributed by atoms with Crippen LogP contribution in [0.1, 0.15) is 0 Å². The monoisotopic (exact) mass is 216 g/mol. The van der Waals surface area contributed by atoms with E-state index in [1.807, 2.05) is 0 Å². The van der Waals surface area contributed by atoms with Crippen LogP contribution in [0.3, 0.4) is 0 Å². The zero-order valence-corrected chi connectivity index (χ0v) is 8.59. The van der Waals surface area contributed by atoms with Gasteiger partial charge in [-0.15, -0.1) is 0 Å². The third-order valence-corrected chi connectivity index (χ3v) is 1.78. The molecule has 16 heavy (non-hydrogen) atoms. The highest BCUT2D eigenvalue weighted by Crippen LogP contribution is 2.29. The molecule has 0 amide bonds. The Bertz CT molecular complexity index is 462. The van der Waals surface area contributed by atoms with Gasteiger partial charge in [-0.3, -0.25) is 0 Å². The molecule has 0 saturated carbocycles. The summed E-state index contributed by atoms with van der Waals surface area (Å²) in [6, 6.07) is 4.13. The van der Waals surface area contributed by atoms with Gasteiger partial charge >= 0.3 is 0 Å². The first-order valence-corrected chi connectivity index (χ1v) is 4.57. The normalized spacial score (nSPS) is 11.6. The van der Waals surface area contributed by atoms with Gasteiger partial charge in [-0.2, -0.15) is 0 Å². The highest BCUT2D eigenvalue weighted by Gasteiger charge is 2.00. The third-order valence-electron chi connectivity index (χ3n) is 1.78. The van der Waals surface area contributed by atoms with E-state index in [1.165, 1.54) is 30.4 Å². The fourth-order valence-corrected chi connectivity index (χ4v) is 1.04. The largest absolute Gasteiger partial charge is 0.508 e. The Labute approximate surface area is 93.4 Å². The summed E-state index contributed by atoms with van der Waals surface area (Å²) in [6.07, 6.45) is 5.71. The molecule has 0 atom stereocenters. The number of aliphatic imine (C=N–C) groups is 1. The summed E-state index contributed by atoms with van der Waals surface area (Å²) in [6.45, 7) is 3.57. The molecule has 0 aliphatic rings. The summed E-state index contributed by atoms with van der Waals surface area (Å²) in [4.78, 5) is 4.10. The number of hydrogen-bond donors (Lipinski definition) is 3. The molecule has 0 bridgehead atoms. The highest BCUT2D eigenvalue weighted by molar-refractivity contribution is 6.06. The second kappa shape index (κ2) is 5.50. The van der Waals surface area contributed by atoms with Crippen LogP contribution < -0.4 is 0 Å². The van der Waals surface area contributed by atoms with Crippen molar-refractivity contribution >= 4 is 17.6 Å². The number of phenolic OH excluding ortho intramolecular Hbond substituents is 2. The number of hydrogen-bond acceptors (Lipinski definition) is 4. The number of aromatic hydroxyl groups is 2. The molecule has 4 nitrogen and oxygen atoms in total. The SMILES string of the molecule is C=CC(C=CC=N)=Nc1ccc(O)cc1O. The Hall–Kier alpha value is -2.36. The van der Waals surface area contributed by atoms with E-state index < -0.39 is 0 Å². The summed E-state index contributed by atoms with van der Waals surface area (Å²) in [5.41, 5.74) is 0.854. The van der Waals surface area contributed by atoms with Crippen molar-refractivity contribution in [2.45, 2.75) is 0 Å². The number of phenols is 2. The van der Waals surface area contributed by atoms with Crippen molar-refractivity contribution in [1.29, 1.82) is 5.41 Å². The van der Waals surface area contributed by atoms with E-state index in [2.05, 4.69) is 11.6 Å². The smallest absolute Gasteiger partial charge is 0.144 e. The van der Waals surface area contributed by atoms with Gasteiger partial charge in [0.05, 0.1) is 5.71 Å². The summed E-state index contributed by atoms with van der Waals surface area (Å²) in [5.74, 6) is -0.130. The highest BCUT2D eigenvalue weighted by atomic mass is 16.3. The molecule has 0 heterocycles. The standard InChI is InChI=1S/C12H12N2O2/c1-2-9(4-3-7-13)14-11-6-5-10(15)8-12(11)16/h2-8,13,15-16H,1H2.